The van der Waals surface area contributed by atoms with Crippen molar-refractivity contribution in [3.63, 3.8) is 0 Å². The molecule has 0 aromatic heterocycles. The molecule has 1 aromatic carbocycles. The van der Waals surface area contributed by atoms with Gasteiger partial charge in [0.25, 0.3) is 5.69 Å². The van der Waals surface area contributed by atoms with Gasteiger partial charge >= 0.3 is 0 Å². The topological polar surface area (TPSA) is 72.4 Å². The summed E-state index contributed by atoms with van der Waals surface area (Å²) in [6.45, 7) is 3.72. The summed E-state index contributed by atoms with van der Waals surface area (Å²) >= 11 is 0. The molecule has 0 bridgehead atoms. The number of piperidine rings is 1. The van der Waals surface area contributed by atoms with Crippen molar-refractivity contribution >= 4 is 11.4 Å². The second kappa shape index (κ2) is 4.71. The largest absolute Gasteiger partial charge is 0.370 e. The van der Waals surface area contributed by atoms with E-state index in [-0.39, 0.29) is 16.7 Å². The van der Waals surface area contributed by atoms with Gasteiger partial charge in [0.15, 0.2) is 0 Å². The Balaban J connectivity index is 2.23. The number of benzene rings is 1. The lowest BCUT2D eigenvalue weighted by atomic mass is 10.0. The zero-order chi connectivity index (χ0) is 12.4. The second-order valence-electron chi connectivity index (χ2n) is 4.58. The molecular weight excluding hydrogens is 218 g/mol. The van der Waals surface area contributed by atoms with E-state index in [9.17, 15) is 10.1 Å². The number of nitro groups is 1. The molecule has 0 amide bonds. The second-order valence-corrected chi connectivity index (χ2v) is 4.58. The first-order valence-electron chi connectivity index (χ1n) is 5.83. The van der Waals surface area contributed by atoms with Gasteiger partial charge in [-0.1, -0.05) is 0 Å². The summed E-state index contributed by atoms with van der Waals surface area (Å²) < 4.78 is 0. The summed E-state index contributed by atoms with van der Waals surface area (Å²) in [6.07, 6.45) is 2.14. The third-order valence-corrected chi connectivity index (χ3v) is 3.19. The van der Waals surface area contributed by atoms with Gasteiger partial charge in [0, 0.05) is 37.0 Å². The van der Waals surface area contributed by atoms with Crippen LogP contribution in [0, 0.1) is 17.0 Å². The SMILES string of the molecule is Cc1cc([N+](=O)[O-])ccc1N1CCC[C@@H](N)C1. The molecule has 0 spiro atoms. The maximum atomic E-state index is 10.7. The van der Waals surface area contributed by atoms with Crippen LogP contribution in [0.5, 0.6) is 0 Å². The quantitative estimate of drug-likeness (QED) is 0.627. The van der Waals surface area contributed by atoms with E-state index in [2.05, 4.69) is 4.90 Å². The molecule has 92 valence electrons. The van der Waals surface area contributed by atoms with Crippen molar-refractivity contribution in [1.29, 1.82) is 0 Å². The van der Waals surface area contributed by atoms with Crippen LogP contribution in [0.25, 0.3) is 0 Å². The third-order valence-electron chi connectivity index (χ3n) is 3.19. The highest BCUT2D eigenvalue weighted by Crippen LogP contribution is 2.26. The number of nitro benzene ring substituents is 1. The van der Waals surface area contributed by atoms with E-state index in [4.69, 9.17) is 5.73 Å². The average Bonchev–Trinajstić information content (AvgIpc) is 2.28. The predicted octanol–water partition coefficient (Wildman–Crippen LogP) is 1.83. The predicted molar refractivity (Wildman–Crippen MR) is 67.3 cm³/mol. The van der Waals surface area contributed by atoms with Crippen LogP contribution in [-0.4, -0.2) is 24.1 Å². The molecule has 1 atom stereocenters. The zero-order valence-electron chi connectivity index (χ0n) is 9.93. The Bertz CT molecular complexity index is 434. The van der Waals surface area contributed by atoms with E-state index in [1.54, 1.807) is 12.1 Å². The van der Waals surface area contributed by atoms with Crippen LogP contribution in [0.1, 0.15) is 18.4 Å². The molecule has 17 heavy (non-hydrogen) atoms. The maximum Gasteiger partial charge on any atom is 0.269 e. The smallest absolute Gasteiger partial charge is 0.269 e. The molecule has 1 heterocycles. The molecule has 1 aromatic rings. The highest BCUT2D eigenvalue weighted by Gasteiger charge is 2.19. The van der Waals surface area contributed by atoms with Gasteiger partial charge in [0.05, 0.1) is 4.92 Å². The van der Waals surface area contributed by atoms with Crippen LogP contribution in [-0.2, 0) is 0 Å². The average molecular weight is 235 g/mol. The molecule has 2 rings (SSSR count). The number of hydrogen-bond donors (Lipinski definition) is 1. The van der Waals surface area contributed by atoms with Crippen molar-refractivity contribution in [3.05, 3.63) is 33.9 Å². The molecule has 0 aliphatic carbocycles. The molecule has 0 radical (unpaired) electrons. The van der Waals surface area contributed by atoms with Gasteiger partial charge in [-0.15, -0.1) is 0 Å². The first kappa shape index (κ1) is 11.9. The fourth-order valence-corrected chi connectivity index (χ4v) is 2.34. The minimum Gasteiger partial charge on any atom is -0.370 e. The molecule has 1 saturated heterocycles. The van der Waals surface area contributed by atoms with Crippen LogP contribution in [0.2, 0.25) is 0 Å². The standard InChI is InChI=1S/C12H17N3O2/c1-9-7-11(15(16)17)4-5-12(9)14-6-2-3-10(13)8-14/h4-5,7,10H,2-3,6,8,13H2,1H3/t10-/m1/s1. The minimum atomic E-state index is -0.362. The number of hydrogen-bond acceptors (Lipinski definition) is 4. The van der Waals surface area contributed by atoms with E-state index in [1.165, 1.54) is 0 Å². The Kier molecular flexibility index (Phi) is 3.28. The highest BCUT2D eigenvalue weighted by molar-refractivity contribution is 5.57. The zero-order valence-corrected chi connectivity index (χ0v) is 9.93. The highest BCUT2D eigenvalue weighted by atomic mass is 16.6. The number of rotatable bonds is 2. The Labute approximate surface area is 100 Å². The van der Waals surface area contributed by atoms with E-state index < -0.39 is 0 Å². The minimum absolute atomic E-state index is 0.146. The summed E-state index contributed by atoms with van der Waals surface area (Å²) in [5.74, 6) is 0. The number of nitrogens with zero attached hydrogens (tertiary/aromatic N) is 2. The normalized spacial score (nSPS) is 20.4. The van der Waals surface area contributed by atoms with Crippen molar-refractivity contribution in [1.82, 2.24) is 0 Å². The first-order chi connectivity index (χ1) is 8.08. The Morgan fingerprint density at radius 1 is 1.53 bits per heavy atom. The molecule has 0 saturated carbocycles. The summed E-state index contributed by atoms with van der Waals surface area (Å²) in [5, 5.41) is 10.7. The molecule has 1 aliphatic heterocycles. The lowest BCUT2D eigenvalue weighted by Crippen LogP contribution is -2.43. The first-order valence-corrected chi connectivity index (χ1v) is 5.83. The lowest BCUT2D eigenvalue weighted by Gasteiger charge is -2.33. The third kappa shape index (κ3) is 2.55. The van der Waals surface area contributed by atoms with Gasteiger partial charge < -0.3 is 10.6 Å². The lowest BCUT2D eigenvalue weighted by molar-refractivity contribution is -0.384. The van der Waals surface area contributed by atoms with Crippen molar-refractivity contribution in [2.75, 3.05) is 18.0 Å². The summed E-state index contributed by atoms with van der Waals surface area (Å²) in [5.41, 5.74) is 8.09. The Hall–Kier alpha value is -1.62. The molecule has 1 aliphatic rings. The Morgan fingerprint density at radius 3 is 2.88 bits per heavy atom. The van der Waals surface area contributed by atoms with Gasteiger partial charge in [0.1, 0.15) is 0 Å². The van der Waals surface area contributed by atoms with Gasteiger partial charge in [-0.3, -0.25) is 10.1 Å². The fourth-order valence-electron chi connectivity index (χ4n) is 2.34. The molecule has 5 heteroatoms. The summed E-state index contributed by atoms with van der Waals surface area (Å²) in [4.78, 5) is 12.5. The van der Waals surface area contributed by atoms with Crippen LogP contribution in [0.4, 0.5) is 11.4 Å². The number of anilines is 1. The monoisotopic (exact) mass is 235 g/mol. The van der Waals surface area contributed by atoms with Gasteiger partial charge in [-0.25, -0.2) is 0 Å². The Morgan fingerprint density at radius 2 is 2.29 bits per heavy atom. The maximum absolute atomic E-state index is 10.7. The molecule has 0 unspecified atom stereocenters. The van der Waals surface area contributed by atoms with Crippen molar-refractivity contribution in [3.8, 4) is 0 Å². The van der Waals surface area contributed by atoms with E-state index >= 15 is 0 Å². The van der Waals surface area contributed by atoms with E-state index in [1.807, 2.05) is 13.0 Å². The number of non-ortho nitro benzene ring substituents is 1. The van der Waals surface area contributed by atoms with Crippen LogP contribution >= 0.6 is 0 Å². The fraction of sp³-hybridized carbons (Fsp3) is 0.500. The van der Waals surface area contributed by atoms with Gasteiger partial charge in [0.2, 0.25) is 0 Å². The van der Waals surface area contributed by atoms with Crippen molar-refractivity contribution < 1.29 is 4.92 Å². The van der Waals surface area contributed by atoms with E-state index in [0.29, 0.717) is 0 Å². The number of aryl methyl sites for hydroxylation is 1. The van der Waals surface area contributed by atoms with Crippen molar-refractivity contribution in [2.24, 2.45) is 5.73 Å². The van der Waals surface area contributed by atoms with Crippen molar-refractivity contribution in [2.45, 2.75) is 25.8 Å². The summed E-state index contributed by atoms with van der Waals surface area (Å²) in [7, 11) is 0. The molecule has 1 fully saturated rings. The molecule has 2 N–H and O–H groups in total. The number of nitrogens with two attached hydrogens (primary N) is 1. The van der Waals surface area contributed by atoms with E-state index in [0.717, 1.165) is 37.2 Å². The van der Waals surface area contributed by atoms with Gasteiger partial charge in [-0.2, -0.15) is 0 Å². The van der Waals surface area contributed by atoms with Gasteiger partial charge in [-0.05, 0) is 31.4 Å². The molecular formula is C12H17N3O2. The molecule has 5 nitrogen and oxygen atoms in total. The van der Waals surface area contributed by atoms with Crippen LogP contribution < -0.4 is 10.6 Å². The van der Waals surface area contributed by atoms with Crippen LogP contribution in [0.15, 0.2) is 18.2 Å². The van der Waals surface area contributed by atoms with Crippen LogP contribution in [0.3, 0.4) is 0 Å². The summed E-state index contributed by atoms with van der Waals surface area (Å²) in [6, 6.07) is 5.21.